The van der Waals surface area contributed by atoms with Gasteiger partial charge < -0.3 is 0 Å². The number of rotatable bonds is 3. The van der Waals surface area contributed by atoms with Crippen molar-refractivity contribution in [2.45, 2.75) is 18.2 Å². The zero-order chi connectivity index (χ0) is 11.5. The van der Waals surface area contributed by atoms with E-state index in [2.05, 4.69) is 44.9 Å². The Morgan fingerprint density at radius 1 is 1.38 bits per heavy atom. The number of hydrogen-bond donors (Lipinski definition) is 0. The molecule has 0 aliphatic carbocycles. The molecule has 1 heterocycles. The van der Waals surface area contributed by atoms with E-state index in [1.807, 2.05) is 13.0 Å². The fraction of sp³-hybridized carbons (Fsp3) is 0.231. The smallest absolute Gasteiger partial charge is 0.0478 e. The van der Waals surface area contributed by atoms with Crippen molar-refractivity contribution >= 4 is 38.9 Å². The van der Waals surface area contributed by atoms with E-state index in [9.17, 15) is 0 Å². The third-order valence-electron chi connectivity index (χ3n) is 2.55. The van der Waals surface area contributed by atoms with Crippen LogP contribution in [0.1, 0.15) is 21.5 Å². The molecule has 0 radical (unpaired) electrons. The van der Waals surface area contributed by atoms with Gasteiger partial charge in [0.05, 0.1) is 0 Å². The molecule has 0 fully saturated rings. The van der Waals surface area contributed by atoms with Gasteiger partial charge >= 0.3 is 0 Å². The number of hydrogen-bond acceptors (Lipinski definition) is 1. The first-order valence-electron chi connectivity index (χ1n) is 5.08. The van der Waals surface area contributed by atoms with Crippen LogP contribution in [0.3, 0.4) is 0 Å². The van der Waals surface area contributed by atoms with Crippen molar-refractivity contribution in [3.8, 4) is 0 Å². The highest BCUT2D eigenvalue weighted by atomic mass is 79.9. The predicted octanol–water partition coefficient (Wildman–Crippen LogP) is 5.39. The van der Waals surface area contributed by atoms with Crippen LogP contribution in [0.5, 0.6) is 0 Å². The minimum absolute atomic E-state index is 0.287. The molecule has 2 aromatic rings. The van der Waals surface area contributed by atoms with E-state index in [1.54, 1.807) is 11.3 Å². The molecule has 1 atom stereocenters. The van der Waals surface area contributed by atoms with Gasteiger partial charge in [-0.3, -0.25) is 0 Å². The van der Waals surface area contributed by atoms with Crippen LogP contribution in [-0.4, -0.2) is 0 Å². The Hall–Kier alpha value is -0.310. The first-order chi connectivity index (χ1) is 7.68. The number of alkyl halides is 1. The van der Waals surface area contributed by atoms with Gasteiger partial charge in [0.15, 0.2) is 0 Å². The van der Waals surface area contributed by atoms with Gasteiger partial charge in [0.1, 0.15) is 0 Å². The van der Waals surface area contributed by atoms with Crippen molar-refractivity contribution < 1.29 is 0 Å². The molecule has 1 unspecified atom stereocenters. The first kappa shape index (κ1) is 12.2. The molecule has 0 aliphatic heterocycles. The standard InChI is InChI=1S/C13H12BrClS/c1-9-3-2-4-11(13(9)15)12(14)7-10-5-6-16-8-10/h2-6,8,12H,7H2,1H3. The van der Waals surface area contributed by atoms with Gasteiger partial charge in [0, 0.05) is 9.85 Å². The van der Waals surface area contributed by atoms with Crippen LogP contribution in [0.2, 0.25) is 5.02 Å². The summed E-state index contributed by atoms with van der Waals surface area (Å²) in [6, 6.07) is 8.33. The summed E-state index contributed by atoms with van der Waals surface area (Å²) in [4.78, 5) is 0.287. The van der Waals surface area contributed by atoms with Crippen molar-refractivity contribution in [3.63, 3.8) is 0 Å². The van der Waals surface area contributed by atoms with Gasteiger partial charge in [-0.15, -0.1) is 0 Å². The summed E-state index contributed by atoms with van der Waals surface area (Å²) in [6.07, 6.45) is 0.979. The Kier molecular flexibility index (Phi) is 4.06. The topological polar surface area (TPSA) is 0 Å². The van der Waals surface area contributed by atoms with Crippen LogP contribution >= 0.6 is 38.9 Å². The molecular formula is C13H12BrClS. The van der Waals surface area contributed by atoms with Crippen LogP contribution in [0.4, 0.5) is 0 Å². The summed E-state index contributed by atoms with van der Waals surface area (Å²) in [5.74, 6) is 0. The van der Waals surface area contributed by atoms with Gasteiger partial charge in [-0.05, 0) is 46.9 Å². The second-order valence-corrected chi connectivity index (χ2v) is 6.04. The summed E-state index contributed by atoms with van der Waals surface area (Å²) >= 11 is 11.7. The molecule has 1 aromatic heterocycles. The second kappa shape index (κ2) is 5.35. The van der Waals surface area contributed by atoms with Crippen molar-refractivity contribution in [2.24, 2.45) is 0 Å². The lowest BCUT2D eigenvalue weighted by atomic mass is 10.0. The van der Waals surface area contributed by atoms with Crippen molar-refractivity contribution in [1.29, 1.82) is 0 Å². The molecule has 2 rings (SSSR count). The Balaban J connectivity index is 2.21. The van der Waals surface area contributed by atoms with Gasteiger partial charge in [0.2, 0.25) is 0 Å². The lowest BCUT2D eigenvalue weighted by molar-refractivity contribution is 0.952. The first-order valence-corrected chi connectivity index (χ1v) is 7.32. The molecule has 0 nitrogen and oxygen atoms in total. The fourth-order valence-corrected chi connectivity index (χ4v) is 3.46. The largest absolute Gasteiger partial charge is 0.152 e. The molecule has 0 N–H and O–H groups in total. The Bertz CT molecular complexity index is 465. The maximum absolute atomic E-state index is 6.30. The minimum atomic E-state index is 0.287. The van der Waals surface area contributed by atoms with Crippen LogP contribution in [-0.2, 0) is 6.42 Å². The van der Waals surface area contributed by atoms with Crippen LogP contribution in [0.25, 0.3) is 0 Å². The molecular weight excluding hydrogens is 304 g/mol. The van der Waals surface area contributed by atoms with E-state index >= 15 is 0 Å². The lowest BCUT2D eigenvalue weighted by Crippen LogP contribution is -1.96. The van der Waals surface area contributed by atoms with Crippen LogP contribution in [0, 0.1) is 6.92 Å². The third-order valence-corrected chi connectivity index (χ3v) is 4.62. The summed E-state index contributed by atoms with van der Waals surface area (Å²) in [6.45, 7) is 2.04. The third kappa shape index (κ3) is 2.68. The molecule has 84 valence electrons. The Morgan fingerprint density at radius 3 is 2.88 bits per heavy atom. The maximum atomic E-state index is 6.30. The predicted molar refractivity (Wildman–Crippen MR) is 75.9 cm³/mol. The molecule has 0 saturated heterocycles. The summed E-state index contributed by atoms with van der Waals surface area (Å²) in [5.41, 5.74) is 3.66. The van der Waals surface area contributed by atoms with E-state index in [-0.39, 0.29) is 4.83 Å². The van der Waals surface area contributed by atoms with Crippen molar-refractivity contribution in [2.75, 3.05) is 0 Å². The molecule has 0 aliphatic rings. The molecule has 3 heteroatoms. The van der Waals surface area contributed by atoms with Crippen molar-refractivity contribution in [1.82, 2.24) is 0 Å². The monoisotopic (exact) mass is 314 g/mol. The van der Waals surface area contributed by atoms with E-state index in [0.29, 0.717) is 0 Å². The second-order valence-electron chi connectivity index (χ2n) is 3.78. The normalized spacial score (nSPS) is 12.7. The highest BCUT2D eigenvalue weighted by Crippen LogP contribution is 2.34. The molecule has 0 bridgehead atoms. The molecule has 16 heavy (non-hydrogen) atoms. The van der Waals surface area contributed by atoms with Gasteiger partial charge in [-0.25, -0.2) is 0 Å². The molecule has 0 spiro atoms. The average Bonchev–Trinajstić information content (AvgIpc) is 2.74. The highest BCUT2D eigenvalue weighted by Gasteiger charge is 2.13. The van der Waals surface area contributed by atoms with Gasteiger partial charge in [-0.2, -0.15) is 11.3 Å². The average molecular weight is 316 g/mol. The van der Waals surface area contributed by atoms with E-state index in [4.69, 9.17) is 11.6 Å². The SMILES string of the molecule is Cc1cccc(C(Br)Cc2ccsc2)c1Cl. The Labute approximate surface area is 113 Å². The number of thiophene rings is 1. The lowest BCUT2D eigenvalue weighted by Gasteiger charge is -2.12. The number of halogens is 2. The van der Waals surface area contributed by atoms with Crippen molar-refractivity contribution in [3.05, 3.63) is 56.7 Å². The van der Waals surface area contributed by atoms with E-state index < -0.39 is 0 Å². The number of benzene rings is 1. The summed E-state index contributed by atoms with van der Waals surface area (Å²) in [7, 11) is 0. The molecule has 0 saturated carbocycles. The highest BCUT2D eigenvalue weighted by molar-refractivity contribution is 9.09. The summed E-state index contributed by atoms with van der Waals surface area (Å²) < 4.78 is 0. The Morgan fingerprint density at radius 2 is 2.19 bits per heavy atom. The van der Waals surface area contributed by atoms with Crippen LogP contribution in [0.15, 0.2) is 35.0 Å². The summed E-state index contributed by atoms with van der Waals surface area (Å²) in [5, 5.41) is 5.16. The zero-order valence-electron chi connectivity index (χ0n) is 8.91. The molecule has 0 amide bonds. The number of aryl methyl sites for hydroxylation is 1. The van der Waals surface area contributed by atoms with E-state index in [1.165, 1.54) is 11.1 Å². The fourth-order valence-electron chi connectivity index (χ4n) is 1.64. The van der Waals surface area contributed by atoms with Crippen LogP contribution < -0.4 is 0 Å². The van der Waals surface area contributed by atoms with Gasteiger partial charge in [-0.1, -0.05) is 45.7 Å². The quantitative estimate of drug-likeness (QED) is 0.666. The maximum Gasteiger partial charge on any atom is 0.0478 e. The molecule has 1 aromatic carbocycles. The minimum Gasteiger partial charge on any atom is -0.152 e. The van der Waals surface area contributed by atoms with Gasteiger partial charge in [0.25, 0.3) is 0 Å². The van der Waals surface area contributed by atoms with E-state index in [0.717, 1.165) is 17.0 Å². The zero-order valence-corrected chi connectivity index (χ0v) is 12.1.